The van der Waals surface area contributed by atoms with Crippen LogP contribution in [0.4, 0.5) is 10.4 Å². The van der Waals surface area contributed by atoms with E-state index < -0.39 is 0 Å². The third-order valence-corrected chi connectivity index (χ3v) is 4.11. The fourth-order valence-corrected chi connectivity index (χ4v) is 2.69. The van der Waals surface area contributed by atoms with Crippen LogP contribution in [0.25, 0.3) is 0 Å². The van der Waals surface area contributed by atoms with Crippen LogP contribution in [-0.2, 0) is 11.2 Å². The van der Waals surface area contributed by atoms with Crippen LogP contribution in [0, 0.1) is 5.82 Å². The zero-order chi connectivity index (χ0) is 16.8. The Kier molecular flexibility index (Phi) is 5.22. The minimum atomic E-state index is -0.298. The molecule has 0 unspecified atom stereocenters. The fourth-order valence-electron chi connectivity index (χ4n) is 1.97. The minimum Gasteiger partial charge on any atom is -0.407 e. The summed E-state index contributed by atoms with van der Waals surface area (Å²) in [5, 5.41) is 10.2. The summed E-state index contributed by atoms with van der Waals surface area (Å²) in [5.41, 5.74) is 0.845. The van der Waals surface area contributed by atoms with Crippen molar-refractivity contribution in [3.05, 3.63) is 71.9 Å². The van der Waals surface area contributed by atoms with Gasteiger partial charge in [-0.3, -0.25) is 10.1 Å². The topological polar surface area (TPSA) is 68.0 Å². The lowest BCUT2D eigenvalue weighted by Gasteiger charge is -2.01. The van der Waals surface area contributed by atoms with Crippen LogP contribution in [0.5, 0.6) is 0 Å². The average molecular weight is 343 g/mol. The molecular formula is C17H14FN3O2S. The number of hydrogen-bond donors (Lipinski definition) is 1. The molecule has 0 aliphatic rings. The molecular weight excluding hydrogens is 329 g/mol. The van der Waals surface area contributed by atoms with Crippen LogP contribution in [0.2, 0.25) is 0 Å². The molecule has 0 fully saturated rings. The molecule has 0 saturated heterocycles. The Labute approximate surface area is 142 Å². The van der Waals surface area contributed by atoms with Gasteiger partial charge in [0.05, 0.1) is 12.2 Å². The first kappa shape index (κ1) is 16.2. The van der Waals surface area contributed by atoms with Crippen molar-refractivity contribution in [1.29, 1.82) is 0 Å². The van der Waals surface area contributed by atoms with E-state index in [4.69, 9.17) is 4.42 Å². The molecule has 1 N–H and O–H groups in total. The number of rotatable bonds is 6. The summed E-state index contributed by atoms with van der Waals surface area (Å²) < 4.78 is 18.3. The molecule has 3 aromatic rings. The smallest absolute Gasteiger partial charge is 0.322 e. The summed E-state index contributed by atoms with van der Waals surface area (Å²) in [6, 6.07) is 15.7. The third kappa shape index (κ3) is 4.66. The van der Waals surface area contributed by atoms with Crippen molar-refractivity contribution in [2.45, 2.75) is 11.3 Å². The van der Waals surface area contributed by atoms with Gasteiger partial charge >= 0.3 is 6.01 Å². The second kappa shape index (κ2) is 7.74. The average Bonchev–Trinajstić information content (AvgIpc) is 3.03. The summed E-state index contributed by atoms with van der Waals surface area (Å²) in [6.07, 6.45) is 0.377. The molecule has 0 saturated carbocycles. The predicted molar refractivity (Wildman–Crippen MR) is 89.3 cm³/mol. The Hall–Kier alpha value is -2.67. The van der Waals surface area contributed by atoms with Crippen LogP contribution >= 0.6 is 11.8 Å². The van der Waals surface area contributed by atoms with E-state index in [0.29, 0.717) is 12.3 Å². The summed E-state index contributed by atoms with van der Waals surface area (Å²) in [5.74, 6) is 0.0845. The number of anilines is 1. The van der Waals surface area contributed by atoms with Crippen molar-refractivity contribution in [2.24, 2.45) is 0 Å². The SMILES string of the molecule is O=C(CSc1ccccc1)Nc1nnc(Cc2ccc(F)cc2)o1. The number of hydrogen-bond acceptors (Lipinski definition) is 5. The summed E-state index contributed by atoms with van der Waals surface area (Å²) in [4.78, 5) is 12.9. The van der Waals surface area contributed by atoms with Crippen molar-refractivity contribution in [3.8, 4) is 0 Å². The van der Waals surface area contributed by atoms with Gasteiger partial charge in [0.25, 0.3) is 0 Å². The Bertz CT molecular complexity index is 806. The van der Waals surface area contributed by atoms with Gasteiger partial charge in [-0.05, 0) is 29.8 Å². The van der Waals surface area contributed by atoms with Gasteiger partial charge in [-0.25, -0.2) is 4.39 Å². The lowest BCUT2D eigenvalue weighted by Crippen LogP contribution is -2.14. The monoisotopic (exact) mass is 343 g/mol. The molecule has 24 heavy (non-hydrogen) atoms. The Morgan fingerprint density at radius 3 is 2.58 bits per heavy atom. The zero-order valence-corrected chi connectivity index (χ0v) is 13.4. The molecule has 0 aliphatic heterocycles. The van der Waals surface area contributed by atoms with Crippen LogP contribution in [-0.4, -0.2) is 21.9 Å². The molecule has 1 amide bonds. The molecule has 0 bridgehead atoms. The molecule has 0 aliphatic carbocycles. The number of thioether (sulfide) groups is 1. The van der Waals surface area contributed by atoms with E-state index in [-0.39, 0.29) is 23.5 Å². The molecule has 0 spiro atoms. The van der Waals surface area contributed by atoms with Crippen LogP contribution < -0.4 is 5.32 Å². The molecule has 2 aromatic carbocycles. The zero-order valence-electron chi connectivity index (χ0n) is 12.6. The van der Waals surface area contributed by atoms with Crippen molar-refractivity contribution in [3.63, 3.8) is 0 Å². The van der Waals surface area contributed by atoms with Crippen molar-refractivity contribution < 1.29 is 13.6 Å². The number of halogens is 1. The molecule has 1 aromatic heterocycles. The Balaban J connectivity index is 1.51. The predicted octanol–water partition coefficient (Wildman–Crippen LogP) is 3.53. The van der Waals surface area contributed by atoms with E-state index in [0.717, 1.165) is 10.5 Å². The van der Waals surface area contributed by atoms with Gasteiger partial charge in [-0.15, -0.1) is 16.9 Å². The van der Waals surface area contributed by atoms with Crippen LogP contribution in [0.1, 0.15) is 11.5 Å². The molecule has 0 atom stereocenters. The maximum Gasteiger partial charge on any atom is 0.322 e. The lowest BCUT2D eigenvalue weighted by molar-refractivity contribution is -0.113. The number of nitrogens with one attached hydrogen (secondary N) is 1. The number of carbonyl (C=O) groups is 1. The highest BCUT2D eigenvalue weighted by molar-refractivity contribution is 8.00. The molecule has 7 heteroatoms. The highest BCUT2D eigenvalue weighted by Gasteiger charge is 2.10. The number of amides is 1. The molecule has 3 rings (SSSR count). The number of carbonyl (C=O) groups excluding carboxylic acids is 1. The van der Waals surface area contributed by atoms with Crippen molar-refractivity contribution >= 4 is 23.7 Å². The van der Waals surface area contributed by atoms with Crippen molar-refractivity contribution in [2.75, 3.05) is 11.1 Å². The number of nitrogens with zero attached hydrogens (tertiary/aromatic N) is 2. The summed E-state index contributed by atoms with van der Waals surface area (Å²) in [7, 11) is 0. The van der Waals surface area contributed by atoms with Crippen molar-refractivity contribution in [1.82, 2.24) is 10.2 Å². The first-order valence-electron chi connectivity index (χ1n) is 7.23. The summed E-state index contributed by atoms with van der Waals surface area (Å²) >= 11 is 1.42. The molecule has 0 radical (unpaired) electrons. The fraction of sp³-hybridized carbons (Fsp3) is 0.118. The van der Waals surface area contributed by atoms with Gasteiger partial charge in [0.1, 0.15) is 5.82 Å². The van der Waals surface area contributed by atoms with Crippen LogP contribution in [0.15, 0.2) is 63.9 Å². The molecule has 122 valence electrons. The van der Waals surface area contributed by atoms with Gasteiger partial charge in [0.2, 0.25) is 11.8 Å². The third-order valence-electron chi connectivity index (χ3n) is 3.09. The van der Waals surface area contributed by atoms with Gasteiger partial charge < -0.3 is 4.42 Å². The van der Waals surface area contributed by atoms with E-state index in [1.807, 2.05) is 30.3 Å². The van der Waals surface area contributed by atoms with E-state index in [1.54, 1.807) is 12.1 Å². The van der Waals surface area contributed by atoms with Gasteiger partial charge in [-0.1, -0.05) is 35.4 Å². The highest BCUT2D eigenvalue weighted by Crippen LogP contribution is 2.17. The minimum absolute atomic E-state index is 0.0609. The highest BCUT2D eigenvalue weighted by atomic mass is 32.2. The number of aromatic nitrogens is 2. The number of benzene rings is 2. The maximum absolute atomic E-state index is 12.9. The van der Waals surface area contributed by atoms with Gasteiger partial charge in [0.15, 0.2) is 0 Å². The first-order valence-corrected chi connectivity index (χ1v) is 8.22. The Morgan fingerprint density at radius 1 is 1.08 bits per heavy atom. The molecule has 5 nitrogen and oxygen atoms in total. The van der Waals surface area contributed by atoms with E-state index >= 15 is 0 Å². The second-order valence-corrected chi connectivity index (χ2v) is 6.00. The standard InChI is InChI=1S/C17H14FN3O2S/c18-13-8-6-12(7-9-13)10-16-20-21-17(23-16)19-15(22)11-24-14-4-2-1-3-5-14/h1-9H,10-11H2,(H,19,21,22). The van der Waals surface area contributed by atoms with Gasteiger partial charge in [0, 0.05) is 4.90 Å². The van der Waals surface area contributed by atoms with E-state index in [9.17, 15) is 9.18 Å². The lowest BCUT2D eigenvalue weighted by atomic mass is 10.1. The summed E-state index contributed by atoms with van der Waals surface area (Å²) in [6.45, 7) is 0. The largest absolute Gasteiger partial charge is 0.407 e. The van der Waals surface area contributed by atoms with E-state index in [2.05, 4.69) is 15.5 Å². The van der Waals surface area contributed by atoms with E-state index in [1.165, 1.54) is 23.9 Å². The normalized spacial score (nSPS) is 10.5. The van der Waals surface area contributed by atoms with Gasteiger partial charge in [-0.2, -0.15) is 0 Å². The Morgan fingerprint density at radius 2 is 1.83 bits per heavy atom. The second-order valence-electron chi connectivity index (χ2n) is 4.95. The quantitative estimate of drug-likeness (QED) is 0.694. The van der Waals surface area contributed by atoms with Crippen LogP contribution in [0.3, 0.4) is 0 Å². The maximum atomic E-state index is 12.9. The molecule has 1 heterocycles. The first-order chi connectivity index (χ1) is 11.7.